The molecule has 11 aromatic rings. The standard InChI is InChI=1S/C50H30O/c1-2-11-35-30-48-46(28-34(35)10-1)45-29-38(24-26-47(45)51-48)50-43-15-7-5-13-41(43)49(42-14-6-8-16-44(42)50)33-20-17-31(18-21-33)36-23-25-40-37(27-36)22-19-32-9-3-4-12-39(32)40/h1-30H/i1D,2D,3D,4D,5D,6D,7D,8D,9D,10D,11D,12D,13D,14D,15D,16D,17D,18D,19D,20D,21D,22D,23D,24D,25D,26D,27D,28D,29D,30D. The Balaban J connectivity index is 1.33. The minimum Gasteiger partial charge on any atom is -0.456 e. The Bertz CT molecular complexity index is 4820. The van der Waals surface area contributed by atoms with E-state index in [0.717, 1.165) is 0 Å². The Labute approximate surface area is 336 Å². The van der Waals surface area contributed by atoms with Crippen molar-refractivity contribution in [3.63, 3.8) is 0 Å². The molecule has 1 heterocycles. The lowest BCUT2D eigenvalue weighted by molar-refractivity contribution is 0.669. The van der Waals surface area contributed by atoms with Gasteiger partial charge >= 0.3 is 0 Å². The molecule has 0 fully saturated rings. The minimum atomic E-state index is -1.13. The molecule has 1 heteroatoms. The molecular formula is C50H30O. The van der Waals surface area contributed by atoms with Crippen LogP contribution in [-0.4, -0.2) is 0 Å². The van der Waals surface area contributed by atoms with Gasteiger partial charge in [0.25, 0.3) is 0 Å². The second kappa shape index (κ2) is 10.9. The Kier molecular flexibility index (Phi) is 2.50. The number of hydrogen-bond donors (Lipinski definition) is 0. The highest BCUT2D eigenvalue weighted by atomic mass is 16.3. The zero-order chi connectivity index (χ0) is 59.6. The van der Waals surface area contributed by atoms with Gasteiger partial charge in [-0.1, -0.05) is 151 Å². The number of rotatable bonds is 3. The number of hydrogen-bond acceptors (Lipinski definition) is 1. The van der Waals surface area contributed by atoms with Crippen molar-refractivity contribution in [2.75, 3.05) is 0 Å². The van der Waals surface area contributed by atoms with Crippen LogP contribution in [0.1, 0.15) is 41.1 Å². The van der Waals surface area contributed by atoms with Crippen molar-refractivity contribution in [3.05, 3.63) is 181 Å². The van der Waals surface area contributed by atoms with E-state index in [0.29, 0.717) is 0 Å². The summed E-state index contributed by atoms with van der Waals surface area (Å²) < 4.78 is 278. The largest absolute Gasteiger partial charge is 0.456 e. The molecule has 0 bridgehead atoms. The topological polar surface area (TPSA) is 13.1 Å². The van der Waals surface area contributed by atoms with E-state index in [1.165, 1.54) is 0 Å². The molecule has 0 N–H and O–H groups in total. The predicted molar refractivity (Wildman–Crippen MR) is 218 cm³/mol. The number of benzene rings is 10. The summed E-state index contributed by atoms with van der Waals surface area (Å²) in [5.74, 6) is 0. The van der Waals surface area contributed by atoms with Gasteiger partial charge in [-0.15, -0.1) is 0 Å². The molecule has 0 saturated heterocycles. The Morgan fingerprint density at radius 2 is 0.765 bits per heavy atom. The highest BCUT2D eigenvalue weighted by Crippen LogP contribution is 2.45. The molecule has 0 radical (unpaired) electrons. The van der Waals surface area contributed by atoms with Crippen LogP contribution in [0.5, 0.6) is 0 Å². The fraction of sp³-hybridized carbons (Fsp3) is 0. The average Bonchev–Trinajstić information content (AvgIpc) is 3.43. The molecule has 0 aliphatic rings. The summed E-state index contributed by atoms with van der Waals surface area (Å²) in [6, 6.07) is -27.4. The SMILES string of the molecule is [2H]c1c([2H])c(-c2c3c([2H])c([2H])c([2H])c([2H])c3c(-c3c([2H])c([2H])c4oc5c([2H])c6c([2H])c([2H])c([2H])c([2H])c6c([2H])c5c4c3[2H])c3c([2H])c([2H])c([2H])c([2H])c23)c([2H])c([2H])c1-c1c([2H])c([2H])c2c(c1[2H])c([2H])c([2H])c1c([2H])c([2H])c([2H])c([2H])c12. The average molecular weight is 677 g/mol. The molecule has 0 saturated carbocycles. The second-order valence-corrected chi connectivity index (χ2v) is 11.3. The number of fused-ring (bicyclic) bond motifs is 9. The first-order valence-electron chi connectivity index (χ1n) is 30.2. The molecule has 236 valence electrons. The zero-order valence-electron chi connectivity index (χ0n) is 55.4. The van der Waals surface area contributed by atoms with Crippen LogP contribution in [0.15, 0.2) is 186 Å². The van der Waals surface area contributed by atoms with Gasteiger partial charge in [-0.3, -0.25) is 0 Å². The summed E-state index contributed by atoms with van der Waals surface area (Å²) in [4.78, 5) is 0. The predicted octanol–water partition coefficient (Wildman–Crippen LogP) is 14.4. The third-order valence-corrected chi connectivity index (χ3v) is 8.45. The molecular weight excluding hydrogens is 617 g/mol. The maximum atomic E-state index is 9.85. The highest BCUT2D eigenvalue weighted by molar-refractivity contribution is 6.22. The monoisotopic (exact) mass is 676 g/mol. The first kappa shape index (κ1) is 11.7. The fourth-order valence-electron chi connectivity index (χ4n) is 6.20. The van der Waals surface area contributed by atoms with Crippen molar-refractivity contribution < 1.29 is 45.5 Å². The van der Waals surface area contributed by atoms with Crippen molar-refractivity contribution in [1.29, 1.82) is 0 Å². The molecule has 0 aliphatic carbocycles. The van der Waals surface area contributed by atoms with E-state index < -0.39 is 290 Å². The summed E-state index contributed by atoms with van der Waals surface area (Å²) in [7, 11) is 0. The molecule has 0 aliphatic heterocycles. The molecule has 1 aromatic heterocycles. The molecule has 0 spiro atoms. The van der Waals surface area contributed by atoms with E-state index in [9.17, 15) is 19.2 Å². The van der Waals surface area contributed by atoms with Gasteiger partial charge in [-0.25, -0.2) is 0 Å². The lowest BCUT2D eigenvalue weighted by atomic mass is 9.85. The highest BCUT2D eigenvalue weighted by Gasteiger charge is 2.18. The molecule has 0 unspecified atom stereocenters. The number of furan rings is 1. The summed E-state index contributed by atoms with van der Waals surface area (Å²) in [6.07, 6.45) is 0. The Morgan fingerprint density at radius 1 is 0.275 bits per heavy atom. The molecule has 1 nitrogen and oxygen atoms in total. The van der Waals surface area contributed by atoms with Crippen molar-refractivity contribution >= 4 is 75.8 Å². The minimum absolute atomic E-state index is 0.457. The lowest BCUT2D eigenvalue weighted by Crippen LogP contribution is -1.91. The second-order valence-electron chi connectivity index (χ2n) is 11.3. The first-order chi connectivity index (χ1) is 37.8. The van der Waals surface area contributed by atoms with Crippen LogP contribution in [0, 0.1) is 0 Å². The summed E-state index contributed by atoms with van der Waals surface area (Å²) in [5, 5.41) is -7.16. The van der Waals surface area contributed by atoms with Crippen LogP contribution in [0.3, 0.4) is 0 Å². The van der Waals surface area contributed by atoms with E-state index in [4.69, 9.17) is 26.3 Å². The molecule has 0 atom stereocenters. The van der Waals surface area contributed by atoms with Crippen LogP contribution in [-0.2, 0) is 0 Å². The van der Waals surface area contributed by atoms with E-state index in [1.54, 1.807) is 0 Å². The van der Waals surface area contributed by atoms with E-state index in [1.807, 2.05) is 0 Å². The third kappa shape index (κ3) is 4.35. The van der Waals surface area contributed by atoms with Crippen LogP contribution >= 0.6 is 0 Å². The molecule has 51 heavy (non-hydrogen) atoms. The van der Waals surface area contributed by atoms with Crippen LogP contribution in [0.25, 0.3) is 109 Å². The van der Waals surface area contributed by atoms with Crippen molar-refractivity contribution in [2.45, 2.75) is 0 Å². The van der Waals surface area contributed by atoms with Gasteiger partial charge < -0.3 is 4.42 Å². The van der Waals surface area contributed by atoms with Gasteiger partial charge in [0.15, 0.2) is 0 Å². The normalized spacial score (nSPS) is 20.2. The molecule has 11 rings (SSSR count). The fourth-order valence-corrected chi connectivity index (χ4v) is 6.20. The van der Waals surface area contributed by atoms with E-state index in [2.05, 4.69) is 0 Å². The van der Waals surface area contributed by atoms with E-state index >= 15 is 0 Å². The van der Waals surface area contributed by atoms with Gasteiger partial charge in [0.1, 0.15) is 11.2 Å². The van der Waals surface area contributed by atoms with Gasteiger partial charge in [-0.2, -0.15) is 0 Å². The van der Waals surface area contributed by atoms with Gasteiger partial charge in [0.05, 0.1) is 41.1 Å². The first-order valence-corrected chi connectivity index (χ1v) is 15.2. The van der Waals surface area contributed by atoms with Gasteiger partial charge in [-0.05, 0) is 117 Å². The quantitative estimate of drug-likeness (QED) is 0.134. The lowest BCUT2D eigenvalue weighted by Gasteiger charge is -2.18. The third-order valence-electron chi connectivity index (χ3n) is 8.45. The summed E-state index contributed by atoms with van der Waals surface area (Å²) in [5.41, 5.74) is -6.08. The maximum Gasteiger partial charge on any atom is 0.136 e. The smallest absolute Gasteiger partial charge is 0.136 e. The van der Waals surface area contributed by atoms with Crippen molar-refractivity contribution in [2.24, 2.45) is 0 Å². The molecule has 0 amide bonds. The van der Waals surface area contributed by atoms with Gasteiger partial charge in [0, 0.05) is 10.8 Å². The van der Waals surface area contributed by atoms with Crippen LogP contribution < -0.4 is 0 Å². The zero-order valence-corrected chi connectivity index (χ0v) is 25.4. The Morgan fingerprint density at radius 3 is 1.47 bits per heavy atom. The van der Waals surface area contributed by atoms with Gasteiger partial charge in [0.2, 0.25) is 0 Å². The van der Waals surface area contributed by atoms with Crippen LogP contribution in [0.4, 0.5) is 0 Å². The Hall–Kier alpha value is -6.70. The maximum absolute atomic E-state index is 9.85. The van der Waals surface area contributed by atoms with E-state index in [-0.39, 0.29) is 0 Å². The van der Waals surface area contributed by atoms with Crippen molar-refractivity contribution in [3.8, 4) is 33.4 Å². The summed E-state index contributed by atoms with van der Waals surface area (Å²) in [6.45, 7) is 0. The molecule has 10 aromatic carbocycles. The van der Waals surface area contributed by atoms with Crippen molar-refractivity contribution in [1.82, 2.24) is 0 Å². The van der Waals surface area contributed by atoms with Crippen LogP contribution in [0.2, 0.25) is 0 Å². The summed E-state index contributed by atoms with van der Waals surface area (Å²) >= 11 is 0.